The fraction of sp³-hybridized carbons (Fsp3) is 0.643. The molecule has 2 unspecified atom stereocenters. The fourth-order valence-electron chi connectivity index (χ4n) is 2.86. The van der Waals surface area contributed by atoms with E-state index in [1.165, 1.54) is 0 Å². The lowest BCUT2D eigenvalue weighted by molar-refractivity contribution is -0.142. The predicted octanol–water partition coefficient (Wildman–Crippen LogP) is 1.68. The maximum atomic E-state index is 12.1. The number of rotatable bonds is 5. The summed E-state index contributed by atoms with van der Waals surface area (Å²) in [5, 5.41) is 13.6. The van der Waals surface area contributed by atoms with Gasteiger partial charge in [-0.1, -0.05) is 6.92 Å². The summed E-state index contributed by atoms with van der Waals surface area (Å²) in [5.74, 6) is -1.71. The van der Waals surface area contributed by atoms with Crippen LogP contribution in [0.1, 0.15) is 45.2 Å². The van der Waals surface area contributed by atoms with Crippen LogP contribution in [0.25, 0.3) is 0 Å². The highest BCUT2D eigenvalue weighted by Gasteiger charge is 2.46. The van der Waals surface area contributed by atoms with Crippen molar-refractivity contribution in [1.82, 2.24) is 14.7 Å². The molecule has 0 spiro atoms. The molecule has 1 fully saturated rings. The van der Waals surface area contributed by atoms with E-state index in [0.29, 0.717) is 0 Å². The number of hydrogen-bond donors (Lipinski definition) is 1. The lowest BCUT2D eigenvalue weighted by Gasteiger charge is -2.29. The molecule has 1 N–H and O–H groups in total. The van der Waals surface area contributed by atoms with Crippen molar-refractivity contribution in [2.24, 2.45) is 5.92 Å². The number of hydrogen-bond acceptors (Lipinski definition) is 3. The van der Waals surface area contributed by atoms with Crippen LogP contribution in [0.3, 0.4) is 0 Å². The average Bonchev–Trinajstić information content (AvgIpc) is 2.93. The van der Waals surface area contributed by atoms with E-state index >= 15 is 0 Å². The van der Waals surface area contributed by atoms with Gasteiger partial charge in [0.2, 0.25) is 5.91 Å². The highest BCUT2D eigenvalue weighted by Crippen LogP contribution is 2.39. The van der Waals surface area contributed by atoms with Crippen LogP contribution in [0, 0.1) is 5.92 Å². The van der Waals surface area contributed by atoms with E-state index in [0.717, 1.165) is 18.5 Å². The molecule has 1 aliphatic heterocycles. The number of aryl methyl sites for hydroxylation is 1. The van der Waals surface area contributed by atoms with Crippen LogP contribution in [0.5, 0.6) is 0 Å². The Morgan fingerprint density at radius 1 is 1.55 bits per heavy atom. The lowest BCUT2D eigenvalue weighted by atomic mass is 9.95. The minimum absolute atomic E-state index is 0.0219. The summed E-state index contributed by atoms with van der Waals surface area (Å²) in [5.41, 5.74) is 0.811. The van der Waals surface area contributed by atoms with Crippen LogP contribution in [0.15, 0.2) is 12.4 Å². The van der Waals surface area contributed by atoms with E-state index in [-0.39, 0.29) is 18.4 Å². The van der Waals surface area contributed by atoms with Gasteiger partial charge in [-0.15, -0.1) is 0 Å². The van der Waals surface area contributed by atoms with Crippen molar-refractivity contribution >= 4 is 11.9 Å². The number of likely N-dealkylation sites (tertiary alicyclic amines) is 1. The third kappa shape index (κ3) is 2.55. The van der Waals surface area contributed by atoms with E-state index in [1.807, 2.05) is 20.0 Å². The quantitative estimate of drug-likeness (QED) is 0.889. The maximum absolute atomic E-state index is 12.1. The van der Waals surface area contributed by atoms with Gasteiger partial charge in [-0.3, -0.25) is 14.3 Å². The van der Waals surface area contributed by atoms with Crippen LogP contribution in [-0.2, 0) is 16.1 Å². The number of carbonyl (C=O) groups is 2. The molecule has 6 heteroatoms. The van der Waals surface area contributed by atoms with E-state index in [9.17, 15) is 14.7 Å². The second-order valence-electron chi connectivity index (χ2n) is 5.53. The van der Waals surface area contributed by atoms with Crippen molar-refractivity contribution < 1.29 is 14.7 Å². The van der Waals surface area contributed by atoms with E-state index in [1.54, 1.807) is 15.8 Å². The van der Waals surface area contributed by atoms with Gasteiger partial charge in [0.1, 0.15) is 0 Å². The second kappa shape index (κ2) is 5.64. The normalized spacial score (nSPS) is 22.8. The molecule has 0 aromatic carbocycles. The Bertz CT molecular complexity index is 510. The number of carboxylic acid groups (broad SMARTS) is 1. The van der Waals surface area contributed by atoms with Gasteiger partial charge in [0, 0.05) is 30.8 Å². The lowest BCUT2D eigenvalue weighted by Crippen LogP contribution is -2.35. The summed E-state index contributed by atoms with van der Waals surface area (Å²) < 4.78 is 1.80. The molecule has 110 valence electrons. The molecule has 0 aliphatic carbocycles. The Kier molecular flexibility index (Phi) is 4.11. The molecule has 1 saturated heterocycles. The molecular formula is C14H21N3O3. The Hall–Kier alpha value is -1.85. The second-order valence-corrected chi connectivity index (χ2v) is 5.53. The SMILES string of the molecule is CCCn1cc(C2C(C(=O)O)CC(=O)N2C(C)C)cn1. The number of carbonyl (C=O) groups excluding carboxylic acids is 1. The molecule has 20 heavy (non-hydrogen) atoms. The van der Waals surface area contributed by atoms with Crippen LogP contribution < -0.4 is 0 Å². The van der Waals surface area contributed by atoms with Crippen LogP contribution in [0.2, 0.25) is 0 Å². The highest BCUT2D eigenvalue weighted by molar-refractivity contribution is 5.87. The van der Waals surface area contributed by atoms with Gasteiger partial charge in [-0.25, -0.2) is 0 Å². The number of aromatic nitrogens is 2. The van der Waals surface area contributed by atoms with Crippen molar-refractivity contribution in [3.05, 3.63) is 18.0 Å². The molecule has 0 radical (unpaired) electrons. The van der Waals surface area contributed by atoms with Crippen LogP contribution >= 0.6 is 0 Å². The number of carboxylic acids is 1. The van der Waals surface area contributed by atoms with Crippen molar-refractivity contribution in [2.45, 2.75) is 52.2 Å². The largest absolute Gasteiger partial charge is 0.481 e. The molecule has 1 amide bonds. The highest BCUT2D eigenvalue weighted by atomic mass is 16.4. The summed E-state index contributed by atoms with van der Waals surface area (Å²) >= 11 is 0. The summed E-state index contributed by atoms with van der Waals surface area (Å²) in [6.45, 7) is 6.66. The van der Waals surface area contributed by atoms with Crippen LogP contribution in [-0.4, -0.2) is 37.7 Å². The van der Waals surface area contributed by atoms with Gasteiger partial charge in [0.25, 0.3) is 0 Å². The van der Waals surface area contributed by atoms with Crippen molar-refractivity contribution in [3.63, 3.8) is 0 Å². The first kappa shape index (κ1) is 14.6. The Morgan fingerprint density at radius 2 is 2.25 bits per heavy atom. The number of aliphatic carboxylic acids is 1. The topological polar surface area (TPSA) is 75.4 Å². The molecule has 2 atom stereocenters. The van der Waals surface area contributed by atoms with E-state index in [4.69, 9.17) is 0 Å². The third-order valence-corrected chi connectivity index (χ3v) is 3.68. The Morgan fingerprint density at radius 3 is 2.80 bits per heavy atom. The first-order chi connectivity index (χ1) is 9.45. The molecule has 0 bridgehead atoms. The maximum Gasteiger partial charge on any atom is 0.309 e. The number of nitrogens with zero attached hydrogens (tertiary/aromatic N) is 3. The molecule has 0 saturated carbocycles. The molecule has 2 heterocycles. The van der Waals surface area contributed by atoms with Crippen molar-refractivity contribution in [1.29, 1.82) is 0 Å². The van der Waals surface area contributed by atoms with E-state index in [2.05, 4.69) is 12.0 Å². The third-order valence-electron chi connectivity index (χ3n) is 3.68. The molecular weight excluding hydrogens is 258 g/mol. The Labute approximate surface area is 118 Å². The number of amides is 1. The van der Waals surface area contributed by atoms with Gasteiger partial charge < -0.3 is 10.0 Å². The molecule has 2 rings (SSSR count). The minimum atomic E-state index is -0.922. The van der Waals surface area contributed by atoms with Gasteiger partial charge in [-0.2, -0.15) is 5.10 Å². The van der Waals surface area contributed by atoms with Crippen LogP contribution in [0.4, 0.5) is 0 Å². The molecule has 1 aromatic heterocycles. The average molecular weight is 279 g/mol. The van der Waals surface area contributed by atoms with E-state index < -0.39 is 17.9 Å². The van der Waals surface area contributed by atoms with Gasteiger partial charge in [-0.05, 0) is 20.3 Å². The first-order valence-electron chi connectivity index (χ1n) is 7.02. The zero-order chi connectivity index (χ0) is 14.9. The Balaban J connectivity index is 2.35. The molecule has 1 aromatic rings. The first-order valence-corrected chi connectivity index (χ1v) is 7.02. The van der Waals surface area contributed by atoms with Gasteiger partial charge in [0.15, 0.2) is 0 Å². The summed E-state index contributed by atoms with van der Waals surface area (Å²) in [6.07, 6.45) is 4.57. The van der Waals surface area contributed by atoms with Gasteiger partial charge >= 0.3 is 5.97 Å². The standard InChI is InChI=1S/C14H21N3O3/c1-4-5-16-8-10(7-15-16)13-11(14(19)20)6-12(18)17(13)9(2)3/h7-9,11,13H,4-6H2,1-3H3,(H,19,20). The van der Waals surface area contributed by atoms with Gasteiger partial charge in [0.05, 0.1) is 18.2 Å². The summed E-state index contributed by atoms with van der Waals surface area (Å²) in [4.78, 5) is 25.2. The predicted molar refractivity (Wildman–Crippen MR) is 73.0 cm³/mol. The fourth-order valence-corrected chi connectivity index (χ4v) is 2.86. The molecule has 1 aliphatic rings. The van der Waals surface area contributed by atoms with Crippen molar-refractivity contribution in [3.8, 4) is 0 Å². The summed E-state index contributed by atoms with van der Waals surface area (Å²) in [7, 11) is 0. The zero-order valence-electron chi connectivity index (χ0n) is 12.1. The smallest absolute Gasteiger partial charge is 0.309 e. The molecule has 6 nitrogen and oxygen atoms in total. The minimum Gasteiger partial charge on any atom is -0.481 e. The van der Waals surface area contributed by atoms with Crippen molar-refractivity contribution in [2.75, 3.05) is 0 Å². The monoisotopic (exact) mass is 279 g/mol. The zero-order valence-corrected chi connectivity index (χ0v) is 12.1. The summed E-state index contributed by atoms with van der Waals surface area (Å²) in [6, 6.07) is -0.433.